The van der Waals surface area contributed by atoms with Crippen LogP contribution in [0.4, 0.5) is 11.6 Å². The number of rotatable bonds is 5. The average molecular weight is 212 g/mol. The van der Waals surface area contributed by atoms with E-state index in [1.807, 2.05) is 0 Å². The molecule has 0 aliphatic carbocycles. The van der Waals surface area contributed by atoms with E-state index in [-0.39, 0.29) is 13.2 Å². The van der Waals surface area contributed by atoms with Crippen LogP contribution in [0, 0.1) is 0 Å². The van der Waals surface area contributed by atoms with Crippen molar-refractivity contribution in [2.24, 2.45) is 0 Å². The lowest BCUT2D eigenvalue weighted by atomic mass is 10.1. The average Bonchev–Trinajstić information content (AvgIpc) is 2.29. The van der Waals surface area contributed by atoms with E-state index >= 15 is 0 Å². The molecule has 1 rings (SSSR count). The quantitative estimate of drug-likeness (QED) is 0.534. The number of aliphatic hydroxyl groups is 2. The van der Waals surface area contributed by atoms with Gasteiger partial charge in [-0.25, -0.2) is 9.97 Å². The van der Waals surface area contributed by atoms with Gasteiger partial charge in [-0.05, 0) is 6.92 Å². The Morgan fingerprint density at radius 2 is 1.87 bits per heavy atom. The van der Waals surface area contributed by atoms with Crippen molar-refractivity contribution in [3.8, 4) is 0 Å². The summed E-state index contributed by atoms with van der Waals surface area (Å²) in [5.74, 6) is 1.23. The van der Waals surface area contributed by atoms with Crippen molar-refractivity contribution in [3.63, 3.8) is 0 Å². The van der Waals surface area contributed by atoms with Gasteiger partial charge >= 0.3 is 0 Å². The first-order chi connectivity index (χ1) is 7.13. The Balaban J connectivity index is 2.79. The second-order valence-electron chi connectivity index (χ2n) is 3.54. The van der Waals surface area contributed by atoms with Gasteiger partial charge in [0.2, 0.25) is 0 Å². The summed E-state index contributed by atoms with van der Waals surface area (Å²) in [5, 5.41) is 24.0. The minimum atomic E-state index is -0.778. The van der Waals surface area contributed by atoms with Gasteiger partial charge in [0.05, 0.1) is 18.8 Å². The molecule has 15 heavy (non-hydrogen) atoms. The maximum absolute atomic E-state index is 9.09. The third kappa shape index (κ3) is 3.03. The Hall–Kier alpha value is -1.40. The second kappa shape index (κ2) is 4.90. The molecule has 6 heteroatoms. The molecule has 0 aromatic carbocycles. The molecule has 84 valence electrons. The van der Waals surface area contributed by atoms with Crippen LogP contribution in [-0.4, -0.2) is 46.0 Å². The summed E-state index contributed by atoms with van der Waals surface area (Å²) >= 11 is 0. The zero-order valence-corrected chi connectivity index (χ0v) is 8.86. The predicted molar refractivity (Wildman–Crippen MR) is 57.8 cm³/mol. The summed E-state index contributed by atoms with van der Waals surface area (Å²) in [5.41, 5.74) is -0.778. The summed E-state index contributed by atoms with van der Waals surface area (Å²) in [7, 11) is 1.75. The van der Waals surface area contributed by atoms with Crippen LogP contribution in [0.1, 0.15) is 6.92 Å². The van der Waals surface area contributed by atoms with Crippen LogP contribution in [0.2, 0.25) is 0 Å². The summed E-state index contributed by atoms with van der Waals surface area (Å²) in [4.78, 5) is 7.94. The van der Waals surface area contributed by atoms with E-state index < -0.39 is 5.54 Å². The van der Waals surface area contributed by atoms with Gasteiger partial charge in [-0.1, -0.05) is 0 Å². The second-order valence-corrected chi connectivity index (χ2v) is 3.54. The van der Waals surface area contributed by atoms with Crippen LogP contribution in [0.25, 0.3) is 0 Å². The van der Waals surface area contributed by atoms with E-state index in [4.69, 9.17) is 10.2 Å². The minimum absolute atomic E-state index is 0.178. The smallest absolute Gasteiger partial charge is 0.132 e. The van der Waals surface area contributed by atoms with Gasteiger partial charge in [0.15, 0.2) is 0 Å². The monoisotopic (exact) mass is 212 g/mol. The van der Waals surface area contributed by atoms with Gasteiger partial charge in [-0.3, -0.25) is 0 Å². The molecule has 0 bridgehead atoms. The molecule has 1 aromatic heterocycles. The van der Waals surface area contributed by atoms with Gasteiger partial charge in [0.1, 0.15) is 18.0 Å². The number of nitrogens with zero attached hydrogens (tertiary/aromatic N) is 2. The van der Waals surface area contributed by atoms with Gasteiger partial charge < -0.3 is 20.8 Å². The number of aromatic nitrogens is 2. The third-order valence-electron chi connectivity index (χ3n) is 2.05. The van der Waals surface area contributed by atoms with Crippen LogP contribution in [0.3, 0.4) is 0 Å². The maximum atomic E-state index is 9.09. The normalized spacial score (nSPS) is 11.2. The molecule has 0 saturated carbocycles. The molecule has 0 spiro atoms. The first kappa shape index (κ1) is 11.7. The van der Waals surface area contributed by atoms with Crippen molar-refractivity contribution in [2.75, 3.05) is 30.9 Å². The number of nitrogens with one attached hydrogen (secondary N) is 2. The summed E-state index contributed by atoms with van der Waals surface area (Å²) in [6.45, 7) is 1.35. The van der Waals surface area contributed by atoms with E-state index in [2.05, 4.69) is 20.6 Å². The Bertz CT molecular complexity index is 315. The molecule has 1 heterocycles. The molecule has 1 aromatic rings. The van der Waals surface area contributed by atoms with Crippen LogP contribution in [0.15, 0.2) is 12.4 Å². The molecule has 0 amide bonds. The maximum Gasteiger partial charge on any atom is 0.132 e. The summed E-state index contributed by atoms with van der Waals surface area (Å²) in [6, 6.07) is 1.70. The Kier molecular flexibility index (Phi) is 3.81. The van der Waals surface area contributed by atoms with Crippen molar-refractivity contribution in [3.05, 3.63) is 12.4 Å². The van der Waals surface area contributed by atoms with E-state index in [1.54, 1.807) is 20.0 Å². The molecule has 0 aliphatic rings. The first-order valence-corrected chi connectivity index (χ1v) is 4.63. The standard InChI is InChI=1S/C9H16N4O2/c1-9(4-14,5-15)13-8-3-7(10-2)11-6-12-8/h3,6,14-15H,4-5H2,1-2H3,(H2,10,11,12,13). The largest absolute Gasteiger partial charge is 0.394 e. The van der Waals surface area contributed by atoms with Crippen molar-refractivity contribution in [1.82, 2.24) is 9.97 Å². The lowest BCUT2D eigenvalue weighted by molar-refractivity contribution is 0.147. The number of aliphatic hydroxyl groups excluding tert-OH is 2. The molecule has 0 aliphatic heterocycles. The Morgan fingerprint density at radius 1 is 1.27 bits per heavy atom. The van der Waals surface area contributed by atoms with Crippen molar-refractivity contribution < 1.29 is 10.2 Å². The molecule has 4 N–H and O–H groups in total. The highest BCUT2D eigenvalue weighted by Crippen LogP contribution is 2.14. The summed E-state index contributed by atoms with van der Waals surface area (Å²) < 4.78 is 0. The van der Waals surface area contributed by atoms with E-state index in [1.165, 1.54) is 6.33 Å². The van der Waals surface area contributed by atoms with Gasteiger partial charge in [0, 0.05) is 13.1 Å². The molecule has 0 unspecified atom stereocenters. The SMILES string of the molecule is CNc1cc(NC(C)(CO)CO)ncn1. The highest BCUT2D eigenvalue weighted by Gasteiger charge is 2.22. The first-order valence-electron chi connectivity index (χ1n) is 4.63. The van der Waals surface area contributed by atoms with Crippen molar-refractivity contribution in [1.29, 1.82) is 0 Å². The molecular formula is C9H16N4O2. The number of anilines is 2. The molecule has 0 atom stereocenters. The van der Waals surface area contributed by atoms with Crippen molar-refractivity contribution in [2.45, 2.75) is 12.5 Å². The highest BCUT2D eigenvalue weighted by atomic mass is 16.3. The number of hydrogen-bond donors (Lipinski definition) is 4. The Morgan fingerprint density at radius 3 is 2.40 bits per heavy atom. The van der Waals surface area contributed by atoms with Gasteiger partial charge in [0.25, 0.3) is 0 Å². The summed E-state index contributed by atoms with van der Waals surface area (Å²) in [6.07, 6.45) is 1.41. The third-order valence-corrected chi connectivity index (χ3v) is 2.05. The molecule has 0 radical (unpaired) electrons. The fourth-order valence-corrected chi connectivity index (χ4v) is 1.00. The van der Waals surface area contributed by atoms with Crippen LogP contribution in [-0.2, 0) is 0 Å². The van der Waals surface area contributed by atoms with Gasteiger partial charge in [-0.2, -0.15) is 0 Å². The highest BCUT2D eigenvalue weighted by molar-refractivity contribution is 5.47. The molecule has 6 nitrogen and oxygen atoms in total. The molecule has 0 fully saturated rings. The van der Waals surface area contributed by atoms with Crippen LogP contribution < -0.4 is 10.6 Å². The lowest BCUT2D eigenvalue weighted by Gasteiger charge is -2.26. The fraction of sp³-hybridized carbons (Fsp3) is 0.556. The predicted octanol–water partition coefficient (Wildman–Crippen LogP) is -0.327. The topological polar surface area (TPSA) is 90.3 Å². The lowest BCUT2D eigenvalue weighted by Crippen LogP contribution is -2.42. The van der Waals surface area contributed by atoms with Crippen molar-refractivity contribution >= 4 is 11.6 Å². The minimum Gasteiger partial charge on any atom is -0.394 e. The number of hydrogen-bond acceptors (Lipinski definition) is 6. The fourth-order valence-electron chi connectivity index (χ4n) is 1.00. The van der Waals surface area contributed by atoms with E-state index in [0.717, 1.165) is 0 Å². The molecular weight excluding hydrogens is 196 g/mol. The zero-order valence-electron chi connectivity index (χ0n) is 8.86. The zero-order chi connectivity index (χ0) is 11.3. The van der Waals surface area contributed by atoms with Crippen LogP contribution in [0.5, 0.6) is 0 Å². The Labute approximate surface area is 88.4 Å². The van der Waals surface area contributed by atoms with Crippen LogP contribution >= 0.6 is 0 Å². The van der Waals surface area contributed by atoms with E-state index in [0.29, 0.717) is 11.6 Å². The van der Waals surface area contributed by atoms with Gasteiger partial charge in [-0.15, -0.1) is 0 Å². The van der Waals surface area contributed by atoms with E-state index in [9.17, 15) is 0 Å². The molecule has 0 saturated heterocycles.